The van der Waals surface area contributed by atoms with Crippen molar-refractivity contribution in [2.45, 2.75) is 19.3 Å². The summed E-state index contributed by atoms with van der Waals surface area (Å²) in [6.45, 7) is 2.66. The minimum absolute atomic E-state index is 0.264. The van der Waals surface area contributed by atoms with Crippen molar-refractivity contribution in [3.63, 3.8) is 0 Å². The number of methoxy groups -OCH3 is 1. The third-order valence-corrected chi connectivity index (χ3v) is 6.22. The van der Waals surface area contributed by atoms with Crippen LogP contribution in [0.15, 0.2) is 48.5 Å². The lowest BCUT2D eigenvalue weighted by Crippen LogP contribution is -2.41. The molecule has 33 heavy (non-hydrogen) atoms. The van der Waals surface area contributed by atoms with Crippen LogP contribution in [-0.2, 0) is 11.2 Å². The number of nitrogens with one attached hydrogen (secondary N) is 3. The Morgan fingerprint density at radius 2 is 1.91 bits per heavy atom. The van der Waals surface area contributed by atoms with Crippen molar-refractivity contribution in [3.8, 4) is 0 Å². The van der Waals surface area contributed by atoms with Crippen molar-refractivity contribution in [2.75, 3.05) is 38.3 Å². The molecule has 174 valence electrons. The highest BCUT2D eigenvalue weighted by Gasteiger charge is 2.27. The van der Waals surface area contributed by atoms with Crippen LogP contribution in [0.2, 0.25) is 0 Å². The molecule has 0 aliphatic carbocycles. The predicted octanol–water partition coefficient (Wildman–Crippen LogP) is 2.61. The Kier molecular flexibility index (Phi) is 7.26. The minimum Gasteiger partial charge on any atom is -0.383 e. The van der Waals surface area contributed by atoms with Gasteiger partial charge in [0.05, 0.1) is 12.2 Å². The van der Waals surface area contributed by atoms with Gasteiger partial charge in [-0.25, -0.2) is 5.43 Å². The number of nitrogens with zero attached hydrogens (tertiary/aromatic N) is 1. The van der Waals surface area contributed by atoms with Gasteiger partial charge in [-0.1, -0.05) is 30.3 Å². The van der Waals surface area contributed by atoms with Crippen LogP contribution in [0.25, 0.3) is 10.9 Å². The number of nitrogens with two attached hydrogens (primary N) is 1. The first-order valence-corrected chi connectivity index (χ1v) is 11.3. The summed E-state index contributed by atoms with van der Waals surface area (Å²) < 4.78 is 5.02. The van der Waals surface area contributed by atoms with Crippen molar-refractivity contribution >= 4 is 28.5 Å². The number of ether oxygens (including phenoxy) is 1. The van der Waals surface area contributed by atoms with Gasteiger partial charge in [-0.05, 0) is 48.9 Å². The fourth-order valence-electron chi connectivity index (χ4n) is 4.46. The lowest BCUT2D eigenvalue weighted by molar-refractivity contribution is 0.0927. The van der Waals surface area contributed by atoms with Crippen LogP contribution in [0.1, 0.15) is 39.1 Å². The molecule has 4 rings (SSSR count). The number of benzene rings is 2. The summed E-state index contributed by atoms with van der Waals surface area (Å²) in [6, 6.07) is 15.7. The van der Waals surface area contributed by atoms with Crippen LogP contribution < -0.4 is 21.5 Å². The Morgan fingerprint density at radius 1 is 1.15 bits per heavy atom. The summed E-state index contributed by atoms with van der Waals surface area (Å²) in [7, 11) is 1.61. The molecule has 2 heterocycles. The van der Waals surface area contributed by atoms with E-state index in [0.717, 1.165) is 43.7 Å². The fourth-order valence-corrected chi connectivity index (χ4v) is 4.46. The van der Waals surface area contributed by atoms with Crippen LogP contribution in [0.4, 0.5) is 5.82 Å². The van der Waals surface area contributed by atoms with E-state index in [-0.39, 0.29) is 5.91 Å². The highest BCUT2D eigenvalue weighted by atomic mass is 16.5. The second-order valence-electron chi connectivity index (χ2n) is 8.47. The molecule has 1 aromatic heterocycles. The van der Waals surface area contributed by atoms with E-state index in [2.05, 4.69) is 45.0 Å². The minimum atomic E-state index is -0.522. The summed E-state index contributed by atoms with van der Waals surface area (Å²) >= 11 is 0. The number of aromatic amines is 1. The number of carbonyl (C=O) groups excluding carboxylic acids is 2. The van der Waals surface area contributed by atoms with Gasteiger partial charge in [0.25, 0.3) is 5.91 Å². The molecule has 0 atom stereocenters. The molecular formula is C25H31N5O3. The number of piperidine rings is 1. The number of anilines is 1. The number of hydrogen-bond donors (Lipinski definition) is 4. The maximum absolute atomic E-state index is 13.2. The zero-order chi connectivity index (χ0) is 23.2. The summed E-state index contributed by atoms with van der Waals surface area (Å²) in [6.07, 6.45) is 3.16. The van der Waals surface area contributed by atoms with Crippen LogP contribution >= 0.6 is 0 Å². The van der Waals surface area contributed by atoms with Gasteiger partial charge in [-0.2, -0.15) is 0 Å². The first-order chi connectivity index (χ1) is 16.1. The highest BCUT2D eigenvalue weighted by Crippen LogP contribution is 2.33. The van der Waals surface area contributed by atoms with Crippen LogP contribution in [0.5, 0.6) is 0 Å². The number of rotatable bonds is 9. The molecule has 0 unspecified atom stereocenters. The smallest absolute Gasteiger partial charge is 0.269 e. The second-order valence-corrected chi connectivity index (χ2v) is 8.47. The number of amides is 2. The second kappa shape index (κ2) is 10.5. The van der Waals surface area contributed by atoms with E-state index in [0.29, 0.717) is 35.6 Å². The zero-order valence-corrected chi connectivity index (χ0v) is 18.9. The predicted molar refractivity (Wildman–Crippen MR) is 129 cm³/mol. The molecule has 8 heteroatoms. The number of aromatic nitrogens is 1. The molecule has 2 amide bonds. The normalized spacial score (nSPS) is 14.5. The lowest BCUT2D eigenvalue weighted by atomic mass is 9.90. The largest absolute Gasteiger partial charge is 0.383 e. The third kappa shape index (κ3) is 5.35. The molecule has 0 saturated carbocycles. The van der Waals surface area contributed by atoms with Crippen LogP contribution in [-0.4, -0.2) is 50.1 Å². The molecule has 1 aliphatic heterocycles. The number of fused-ring (bicyclic) bond motifs is 1. The van der Waals surface area contributed by atoms with Gasteiger partial charge < -0.3 is 20.4 Å². The molecule has 5 N–H and O–H groups in total. The van der Waals surface area contributed by atoms with Crippen molar-refractivity contribution in [1.82, 2.24) is 15.8 Å². The average molecular weight is 450 g/mol. The topological polar surface area (TPSA) is 112 Å². The van der Waals surface area contributed by atoms with E-state index in [1.165, 1.54) is 5.56 Å². The van der Waals surface area contributed by atoms with Gasteiger partial charge in [0, 0.05) is 43.2 Å². The van der Waals surface area contributed by atoms with Crippen molar-refractivity contribution in [3.05, 3.63) is 65.2 Å². The quantitative estimate of drug-likeness (QED) is 0.296. The molecule has 2 aromatic carbocycles. The van der Waals surface area contributed by atoms with Gasteiger partial charge in [0.2, 0.25) is 5.91 Å². The summed E-state index contributed by atoms with van der Waals surface area (Å²) in [4.78, 5) is 30.5. The fraction of sp³-hybridized carbons (Fsp3) is 0.360. The van der Waals surface area contributed by atoms with Crippen molar-refractivity contribution in [2.24, 2.45) is 11.7 Å². The van der Waals surface area contributed by atoms with E-state index in [4.69, 9.17) is 10.5 Å². The highest BCUT2D eigenvalue weighted by molar-refractivity contribution is 6.13. The molecular weight excluding hydrogens is 418 g/mol. The Bertz CT molecular complexity index is 1100. The SMILES string of the molecule is COCCNNC(=O)c1c(N2CCC(Cc3ccccc3)CC2)[nH]c2ccc(C(N)=O)cc12. The molecule has 0 radical (unpaired) electrons. The molecule has 0 spiro atoms. The van der Waals surface area contributed by atoms with Gasteiger partial charge >= 0.3 is 0 Å². The first-order valence-electron chi connectivity index (χ1n) is 11.3. The Labute approximate surface area is 193 Å². The van der Waals surface area contributed by atoms with Crippen LogP contribution in [0.3, 0.4) is 0 Å². The molecule has 3 aromatic rings. The molecule has 8 nitrogen and oxygen atoms in total. The number of hydrogen-bond acceptors (Lipinski definition) is 5. The Balaban J connectivity index is 1.56. The monoisotopic (exact) mass is 449 g/mol. The van der Waals surface area contributed by atoms with Gasteiger partial charge in [0.15, 0.2) is 0 Å². The van der Waals surface area contributed by atoms with E-state index < -0.39 is 5.91 Å². The Morgan fingerprint density at radius 3 is 2.61 bits per heavy atom. The maximum atomic E-state index is 13.2. The molecule has 1 saturated heterocycles. The number of hydrazine groups is 1. The molecule has 1 fully saturated rings. The first kappa shape index (κ1) is 22.8. The van der Waals surface area contributed by atoms with E-state index in [1.54, 1.807) is 25.3 Å². The van der Waals surface area contributed by atoms with Gasteiger partial charge in [-0.3, -0.25) is 15.0 Å². The lowest BCUT2D eigenvalue weighted by Gasteiger charge is -2.33. The molecule has 1 aliphatic rings. The number of primary amides is 1. The average Bonchev–Trinajstić information content (AvgIpc) is 3.22. The summed E-state index contributed by atoms with van der Waals surface area (Å²) in [5, 5.41) is 0.679. The van der Waals surface area contributed by atoms with E-state index >= 15 is 0 Å². The van der Waals surface area contributed by atoms with Gasteiger partial charge in [0.1, 0.15) is 5.82 Å². The van der Waals surface area contributed by atoms with Gasteiger partial charge in [-0.15, -0.1) is 0 Å². The number of H-pyrrole nitrogens is 1. The Hall–Kier alpha value is -3.36. The maximum Gasteiger partial charge on any atom is 0.269 e. The zero-order valence-electron chi connectivity index (χ0n) is 18.9. The van der Waals surface area contributed by atoms with E-state index in [1.807, 2.05) is 6.07 Å². The van der Waals surface area contributed by atoms with Crippen molar-refractivity contribution < 1.29 is 14.3 Å². The standard InChI is InChI=1S/C25H31N5O3/c1-33-14-11-27-29-25(32)22-20-16-19(23(26)31)7-8-21(20)28-24(22)30-12-9-18(10-13-30)15-17-5-3-2-4-6-17/h2-8,16,18,27-28H,9-15H2,1H3,(H2,26,31)(H,29,32). The summed E-state index contributed by atoms with van der Waals surface area (Å²) in [5.74, 6) is 0.602. The van der Waals surface area contributed by atoms with E-state index in [9.17, 15) is 9.59 Å². The third-order valence-electron chi connectivity index (χ3n) is 6.22. The molecule has 0 bridgehead atoms. The summed E-state index contributed by atoms with van der Waals surface area (Å²) in [5.41, 5.74) is 14.2. The van der Waals surface area contributed by atoms with Crippen LogP contribution in [0, 0.1) is 5.92 Å². The van der Waals surface area contributed by atoms with Crippen molar-refractivity contribution in [1.29, 1.82) is 0 Å². The number of carbonyl (C=O) groups is 2.